The molecule has 20 heavy (non-hydrogen) atoms. The average Bonchev–Trinajstić information content (AvgIpc) is 2.38. The van der Waals surface area contributed by atoms with E-state index < -0.39 is 23.4 Å². The van der Waals surface area contributed by atoms with Crippen LogP contribution in [0.5, 0.6) is 0 Å². The Balaban J connectivity index is 2.32. The molecule has 104 valence electrons. The number of rotatable bonds is 2. The summed E-state index contributed by atoms with van der Waals surface area (Å²) in [6, 6.07) is 5.46. The number of anilines is 2. The van der Waals surface area contributed by atoms with Crippen LogP contribution in [-0.4, -0.2) is 5.91 Å². The van der Waals surface area contributed by atoms with Crippen molar-refractivity contribution in [1.29, 1.82) is 0 Å². The van der Waals surface area contributed by atoms with E-state index in [-0.39, 0.29) is 16.9 Å². The highest BCUT2D eigenvalue weighted by Gasteiger charge is 2.15. The molecule has 0 saturated heterocycles. The number of aryl methyl sites for hydroxylation is 1. The highest BCUT2D eigenvalue weighted by molar-refractivity contribution is 6.04. The topological polar surface area (TPSA) is 55.1 Å². The van der Waals surface area contributed by atoms with E-state index in [9.17, 15) is 18.0 Å². The van der Waals surface area contributed by atoms with Crippen LogP contribution in [-0.2, 0) is 0 Å². The number of hydrogen-bond donors (Lipinski definition) is 2. The van der Waals surface area contributed by atoms with E-state index in [0.29, 0.717) is 11.6 Å². The zero-order valence-corrected chi connectivity index (χ0v) is 10.5. The van der Waals surface area contributed by atoms with E-state index in [0.717, 1.165) is 12.1 Å². The lowest BCUT2D eigenvalue weighted by Gasteiger charge is -2.09. The number of benzene rings is 2. The largest absolute Gasteiger partial charge is 0.396 e. The lowest BCUT2D eigenvalue weighted by atomic mass is 10.1. The lowest BCUT2D eigenvalue weighted by Crippen LogP contribution is -2.15. The van der Waals surface area contributed by atoms with E-state index in [1.54, 1.807) is 6.92 Å². The molecule has 0 bridgehead atoms. The number of amides is 1. The first kappa shape index (κ1) is 13.9. The van der Waals surface area contributed by atoms with Crippen molar-refractivity contribution in [3.8, 4) is 0 Å². The molecule has 2 aromatic rings. The maximum atomic E-state index is 13.5. The normalized spacial score (nSPS) is 10.4. The van der Waals surface area contributed by atoms with Crippen LogP contribution in [0.15, 0.2) is 30.3 Å². The van der Waals surface area contributed by atoms with Crippen LogP contribution in [0.2, 0.25) is 0 Å². The highest BCUT2D eigenvalue weighted by Crippen LogP contribution is 2.22. The number of carbonyl (C=O) groups is 1. The third kappa shape index (κ3) is 2.74. The Bertz CT molecular complexity index is 686. The van der Waals surface area contributed by atoms with Crippen molar-refractivity contribution in [3.05, 3.63) is 58.9 Å². The van der Waals surface area contributed by atoms with E-state index in [1.165, 1.54) is 12.1 Å². The first-order chi connectivity index (χ1) is 9.38. The van der Waals surface area contributed by atoms with E-state index in [1.807, 2.05) is 0 Å². The van der Waals surface area contributed by atoms with Gasteiger partial charge in [0.2, 0.25) is 0 Å². The average molecular weight is 280 g/mol. The molecule has 0 atom stereocenters. The van der Waals surface area contributed by atoms with Gasteiger partial charge in [-0.05, 0) is 25.1 Å². The number of nitrogens with one attached hydrogen (secondary N) is 1. The molecule has 0 aliphatic carbocycles. The van der Waals surface area contributed by atoms with Crippen molar-refractivity contribution in [2.24, 2.45) is 0 Å². The summed E-state index contributed by atoms with van der Waals surface area (Å²) in [5.74, 6) is -3.49. The minimum atomic E-state index is -0.988. The van der Waals surface area contributed by atoms with Crippen molar-refractivity contribution in [2.45, 2.75) is 6.92 Å². The van der Waals surface area contributed by atoms with Gasteiger partial charge in [-0.25, -0.2) is 13.2 Å². The summed E-state index contributed by atoms with van der Waals surface area (Å²) in [5, 5.41) is 2.16. The van der Waals surface area contributed by atoms with Crippen LogP contribution < -0.4 is 11.1 Å². The first-order valence-corrected chi connectivity index (χ1v) is 5.70. The van der Waals surface area contributed by atoms with Gasteiger partial charge in [-0.2, -0.15) is 0 Å². The SMILES string of the molecule is Cc1ccc(F)c(C(=O)Nc2cc(N)c(F)cc2F)c1. The molecule has 0 heterocycles. The third-order valence-corrected chi connectivity index (χ3v) is 2.70. The van der Waals surface area contributed by atoms with Crippen molar-refractivity contribution >= 4 is 17.3 Å². The standard InChI is InChI=1S/C14H11F3N2O/c1-7-2-3-9(15)8(4-7)14(20)19-13-6-12(18)10(16)5-11(13)17/h2-6H,18H2,1H3,(H,19,20). The maximum Gasteiger partial charge on any atom is 0.258 e. The fraction of sp³-hybridized carbons (Fsp3) is 0.0714. The van der Waals surface area contributed by atoms with Gasteiger partial charge in [-0.1, -0.05) is 11.6 Å². The monoisotopic (exact) mass is 280 g/mol. The van der Waals surface area contributed by atoms with Gasteiger partial charge in [0.25, 0.3) is 5.91 Å². The van der Waals surface area contributed by atoms with Crippen LogP contribution >= 0.6 is 0 Å². The van der Waals surface area contributed by atoms with Gasteiger partial charge in [-0.15, -0.1) is 0 Å². The quantitative estimate of drug-likeness (QED) is 0.830. The molecule has 2 rings (SSSR count). The minimum absolute atomic E-state index is 0.229. The van der Waals surface area contributed by atoms with Crippen molar-refractivity contribution < 1.29 is 18.0 Å². The molecule has 0 spiro atoms. The molecule has 0 unspecified atom stereocenters. The molecule has 6 heteroatoms. The molecule has 0 saturated carbocycles. The van der Waals surface area contributed by atoms with Crippen molar-refractivity contribution in [3.63, 3.8) is 0 Å². The number of carbonyl (C=O) groups excluding carboxylic acids is 1. The van der Waals surface area contributed by atoms with Crippen LogP contribution in [0.1, 0.15) is 15.9 Å². The summed E-state index contributed by atoms with van der Waals surface area (Å²) in [4.78, 5) is 11.9. The molecule has 0 aromatic heterocycles. The van der Waals surface area contributed by atoms with Crippen LogP contribution in [0.3, 0.4) is 0 Å². The number of nitrogen functional groups attached to an aromatic ring is 1. The second kappa shape index (κ2) is 5.24. The summed E-state index contributed by atoms with van der Waals surface area (Å²) < 4.78 is 40.0. The van der Waals surface area contributed by atoms with Gasteiger partial charge in [0.1, 0.15) is 17.5 Å². The second-order valence-corrected chi connectivity index (χ2v) is 4.29. The van der Waals surface area contributed by atoms with Gasteiger partial charge in [-0.3, -0.25) is 4.79 Å². The van der Waals surface area contributed by atoms with Crippen molar-refractivity contribution in [2.75, 3.05) is 11.1 Å². The molecule has 2 aromatic carbocycles. The second-order valence-electron chi connectivity index (χ2n) is 4.29. The number of halogens is 3. The minimum Gasteiger partial charge on any atom is -0.396 e. The van der Waals surface area contributed by atoms with E-state index in [4.69, 9.17) is 5.73 Å². The molecule has 0 aliphatic rings. The fourth-order valence-electron chi connectivity index (χ4n) is 1.66. The van der Waals surface area contributed by atoms with Crippen LogP contribution in [0.25, 0.3) is 0 Å². The molecule has 3 N–H and O–H groups in total. The summed E-state index contributed by atoms with van der Waals surface area (Å²) in [6.45, 7) is 1.69. The molecule has 0 radical (unpaired) electrons. The fourth-order valence-corrected chi connectivity index (χ4v) is 1.66. The van der Waals surface area contributed by atoms with Gasteiger partial charge in [0.15, 0.2) is 0 Å². The smallest absolute Gasteiger partial charge is 0.258 e. The zero-order chi connectivity index (χ0) is 14.9. The van der Waals surface area contributed by atoms with E-state index >= 15 is 0 Å². The van der Waals surface area contributed by atoms with Gasteiger partial charge >= 0.3 is 0 Å². The molecular weight excluding hydrogens is 269 g/mol. The molecular formula is C14H11F3N2O. The first-order valence-electron chi connectivity index (χ1n) is 5.70. The Kier molecular flexibility index (Phi) is 3.65. The molecule has 1 amide bonds. The Morgan fingerprint density at radius 2 is 1.75 bits per heavy atom. The lowest BCUT2D eigenvalue weighted by molar-refractivity contribution is 0.102. The summed E-state index contributed by atoms with van der Waals surface area (Å²) in [7, 11) is 0. The van der Waals surface area contributed by atoms with Gasteiger partial charge in [0.05, 0.1) is 16.9 Å². The highest BCUT2D eigenvalue weighted by atomic mass is 19.1. The molecule has 3 nitrogen and oxygen atoms in total. The Hall–Kier alpha value is -2.50. The van der Waals surface area contributed by atoms with Crippen LogP contribution in [0.4, 0.5) is 24.5 Å². The van der Waals surface area contributed by atoms with Crippen LogP contribution in [0, 0.1) is 24.4 Å². The predicted molar refractivity (Wildman–Crippen MR) is 69.9 cm³/mol. The Labute approximate surface area is 113 Å². The maximum absolute atomic E-state index is 13.5. The zero-order valence-electron chi connectivity index (χ0n) is 10.5. The van der Waals surface area contributed by atoms with Gasteiger partial charge < -0.3 is 11.1 Å². The van der Waals surface area contributed by atoms with Gasteiger partial charge in [0, 0.05) is 6.07 Å². The van der Waals surface area contributed by atoms with E-state index in [2.05, 4.69) is 5.32 Å². The predicted octanol–water partition coefficient (Wildman–Crippen LogP) is 3.25. The Morgan fingerprint density at radius 3 is 2.45 bits per heavy atom. The molecule has 0 aliphatic heterocycles. The van der Waals surface area contributed by atoms with Crippen molar-refractivity contribution in [1.82, 2.24) is 0 Å². The molecule has 0 fully saturated rings. The number of hydrogen-bond acceptors (Lipinski definition) is 2. The Morgan fingerprint density at radius 1 is 1.05 bits per heavy atom. The summed E-state index contributed by atoms with van der Waals surface area (Å²) in [6.07, 6.45) is 0. The number of nitrogens with two attached hydrogens (primary N) is 1. The summed E-state index contributed by atoms with van der Waals surface area (Å²) in [5.41, 5.74) is 5.11. The third-order valence-electron chi connectivity index (χ3n) is 2.70. The summed E-state index contributed by atoms with van der Waals surface area (Å²) >= 11 is 0.